The molecule has 0 aliphatic carbocycles. The van der Waals surface area contributed by atoms with Crippen molar-refractivity contribution in [3.05, 3.63) is 33.6 Å². The Morgan fingerprint density at radius 3 is 2.91 bits per heavy atom. The van der Waals surface area contributed by atoms with E-state index in [2.05, 4.69) is 29.7 Å². The van der Waals surface area contributed by atoms with Crippen LogP contribution in [0.25, 0.3) is 11.3 Å². The normalized spacial score (nSPS) is 18.3. The van der Waals surface area contributed by atoms with Gasteiger partial charge in [0.05, 0.1) is 17.1 Å². The zero-order valence-electron chi connectivity index (χ0n) is 12.6. The minimum absolute atomic E-state index is 0.0811. The summed E-state index contributed by atoms with van der Waals surface area (Å²) in [6.07, 6.45) is 2.83. The van der Waals surface area contributed by atoms with E-state index in [0.29, 0.717) is 12.3 Å². The Labute approximate surface area is 134 Å². The molecule has 4 nitrogen and oxygen atoms in total. The molecule has 3 heterocycles. The van der Waals surface area contributed by atoms with Crippen LogP contribution in [0.15, 0.2) is 18.2 Å². The molecule has 22 heavy (non-hydrogen) atoms. The van der Waals surface area contributed by atoms with Crippen molar-refractivity contribution in [3.8, 4) is 11.3 Å². The van der Waals surface area contributed by atoms with Crippen molar-refractivity contribution in [3.63, 3.8) is 0 Å². The highest BCUT2D eigenvalue weighted by Gasteiger charge is 2.22. The second-order valence-corrected chi connectivity index (χ2v) is 7.31. The van der Waals surface area contributed by atoms with Crippen LogP contribution in [0, 0.1) is 6.92 Å². The summed E-state index contributed by atoms with van der Waals surface area (Å²) in [7, 11) is 0. The molecule has 1 saturated heterocycles. The van der Waals surface area contributed by atoms with Crippen LogP contribution in [0.2, 0.25) is 0 Å². The fourth-order valence-corrected chi connectivity index (χ4v) is 4.42. The molecule has 1 amide bonds. The minimum atomic E-state index is 0.0811. The number of benzene rings is 1. The molecule has 1 aromatic heterocycles. The van der Waals surface area contributed by atoms with Gasteiger partial charge >= 0.3 is 0 Å². The third kappa shape index (κ3) is 2.44. The molecule has 0 saturated carbocycles. The van der Waals surface area contributed by atoms with Crippen LogP contribution in [0.5, 0.6) is 0 Å². The number of carbonyl (C=O) groups is 1. The van der Waals surface area contributed by atoms with Crippen LogP contribution in [-0.2, 0) is 11.2 Å². The Kier molecular flexibility index (Phi) is 3.47. The molecule has 5 heteroatoms. The zero-order chi connectivity index (χ0) is 15.1. The largest absolute Gasteiger partial charge is 0.326 e. The molecule has 0 bridgehead atoms. The number of piperidine rings is 1. The Morgan fingerprint density at radius 2 is 2.09 bits per heavy atom. The number of nitrogens with one attached hydrogen (secondary N) is 2. The predicted octanol–water partition coefficient (Wildman–Crippen LogP) is 3.08. The van der Waals surface area contributed by atoms with E-state index in [0.717, 1.165) is 35.6 Å². The first-order valence-electron chi connectivity index (χ1n) is 7.82. The van der Waals surface area contributed by atoms with E-state index in [1.165, 1.54) is 22.7 Å². The molecule has 4 rings (SSSR count). The van der Waals surface area contributed by atoms with E-state index >= 15 is 0 Å². The summed E-state index contributed by atoms with van der Waals surface area (Å²) in [5, 5.41) is 7.56. The van der Waals surface area contributed by atoms with Gasteiger partial charge in [-0.25, -0.2) is 4.98 Å². The van der Waals surface area contributed by atoms with Crippen LogP contribution in [0.4, 0.5) is 5.69 Å². The number of anilines is 1. The van der Waals surface area contributed by atoms with Crippen molar-refractivity contribution in [2.45, 2.75) is 32.1 Å². The van der Waals surface area contributed by atoms with Gasteiger partial charge in [0.1, 0.15) is 0 Å². The van der Waals surface area contributed by atoms with Gasteiger partial charge in [0.2, 0.25) is 5.91 Å². The molecule has 2 aliphatic heterocycles. The lowest BCUT2D eigenvalue weighted by molar-refractivity contribution is -0.115. The topological polar surface area (TPSA) is 54.0 Å². The standard InChI is InChI=1S/C17H19N3OS/c1-10-16(20-17(22-10)11-4-6-18-7-5-11)12-2-3-14-13(8-12)9-15(21)19-14/h2-3,8,11,18H,4-7,9H2,1H3,(H,19,21). The third-order valence-electron chi connectivity index (χ3n) is 4.51. The van der Waals surface area contributed by atoms with Gasteiger partial charge in [-0.1, -0.05) is 6.07 Å². The molecule has 2 N–H and O–H groups in total. The summed E-state index contributed by atoms with van der Waals surface area (Å²) in [4.78, 5) is 17.7. The van der Waals surface area contributed by atoms with Crippen LogP contribution >= 0.6 is 11.3 Å². The maximum absolute atomic E-state index is 11.5. The SMILES string of the molecule is Cc1sc(C2CCNCC2)nc1-c1ccc2c(c1)CC(=O)N2. The molecule has 2 aromatic rings. The molecule has 0 atom stereocenters. The van der Waals surface area contributed by atoms with Gasteiger partial charge in [0, 0.05) is 22.0 Å². The summed E-state index contributed by atoms with van der Waals surface area (Å²) in [6, 6.07) is 6.18. The van der Waals surface area contributed by atoms with Crippen molar-refractivity contribution in [2.75, 3.05) is 18.4 Å². The van der Waals surface area contributed by atoms with E-state index in [9.17, 15) is 4.79 Å². The van der Waals surface area contributed by atoms with E-state index in [4.69, 9.17) is 4.98 Å². The van der Waals surface area contributed by atoms with Gasteiger partial charge in [-0.05, 0) is 50.6 Å². The average molecular weight is 313 g/mol. The Balaban J connectivity index is 1.67. The summed E-state index contributed by atoms with van der Waals surface area (Å²) >= 11 is 1.83. The number of rotatable bonds is 2. The second kappa shape index (κ2) is 5.48. The van der Waals surface area contributed by atoms with E-state index in [1.807, 2.05) is 17.4 Å². The molecular formula is C17H19N3OS. The highest BCUT2D eigenvalue weighted by Crippen LogP contribution is 2.36. The van der Waals surface area contributed by atoms with Gasteiger partial charge in [-0.3, -0.25) is 4.79 Å². The lowest BCUT2D eigenvalue weighted by Crippen LogP contribution is -2.26. The molecular weight excluding hydrogens is 294 g/mol. The summed E-state index contributed by atoms with van der Waals surface area (Å²) in [5.74, 6) is 0.675. The molecule has 2 aliphatic rings. The smallest absolute Gasteiger partial charge is 0.228 e. The van der Waals surface area contributed by atoms with Gasteiger partial charge in [0.25, 0.3) is 0 Å². The Bertz CT molecular complexity index is 732. The fraction of sp³-hybridized carbons (Fsp3) is 0.412. The van der Waals surface area contributed by atoms with Crippen LogP contribution in [0.3, 0.4) is 0 Å². The number of amides is 1. The first kappa shape index (κ1) is 13.9. The Hall–Kier alpha value is -1.72. The number of aryl methyl sites for hydroxylation is 1. The molecule has 0 unspecified atom stereocenters. The van der Waals surface area contributed by atoms with Crippen molar-refractivity contribution in [1.82, 2.24) is 10.3 Å². The van der Waals surface area contributed by atoms with E-state index < -0.39 is 0 Å². The number of carbonyl (C=O) groups excluding carboxylic acids is 1. The Morgan fingerprint density at radius 1 is 1.27 bits per heavy atom. The number of hydrogen-bond acceptors (Lipinski definition) is 4. The second-order valence-electron chi connectivity index (χ2n) is 6.08. The van der Waals surface area contributed by atoms with Gasteiger partial charge in [-0.15, -0.1) is 11.3 Å². The first-order chi connectivity index (χ1) is 10.7. The summed E-state index contributed by atoms with van der Waals surface area (Å²) < 4.78 is 0. The van der Waals surface area contributed by atoms with E-state index in [-0.39, 0.29) is 5.91 Å². The third-order valence-corrected chi connectivity index (χ3v) is 5.64. The van der Waals surface area contributed by atoms with Gasteiger partial charge < -0.3 is 10.6 Å². The van der Waals surface area contributed by atoms with Crippen molar-refractivity contribution < 1.29 is 4.79 Å². The van der Waals surface area contributed by atoms with Crippen molar-refractivity contribution in [1.29, 1.82) is 0 Å². The number of aromatic nitrogens is 1. The molecule has 114 valence electrons. The zero-order valence-corrected chi connectivity index (χ0v) is 13.4. The van der Waals surface area contributed by atoms with Crippen molar-refractivity contribution in [2.24, 2.45) is 0 Å². The number of nitrogens with zero attached hydrogens (tertiary/aromatic N) is 1. The minimum Gasteiger partial charge on any atom is -0.326 e. The molecule has 1 aromatic carbocycles. The predicted molar refractivity (Wildman–Crippen MR) is 89.5 cm³/mol. The monoisotopic (exact) mass is 313 g/mol. The van der Waals surface area contributed by atoms with E-state index in [1.54, 1.807) is 0 Å². The highest BCUT2D eigenvalue weighted by molar-refractivity contribution is 7.12. The number of fused-ring (bicyclic) bond motifs is 1. The first-order valence-corrected chi connectivity index (χ1v) is 8.63. The maximum Gasteiger partial charge on any atom is 0.228 e. The average Bonchev–Trinajstić information content (AvgIpc) is 3.09. The fourth-order valence-electron chi connectivity index (χ4n) is 3.30. The summed E-state index contributed by atoms with van der Waals surface area (Å²) in [5.41, 5.74) is 4.24. The molecule has 1 fully saturated rings. The molecule has 0 spiro atoms. The van der Waals surface area contributed by atoms with Crippen LogP contribution < -0.4 is 10.6 Å². The van der Waals surface area contributed by atoms with Crippen LogP contribution in [-0.4, -0.2) is 24.0 Å². The van der Waals surface area contributed by atoms with Gasteiger partial charge in [-0.2, -0.15) is 0 Å². The van der Waals surface area contributed by atoms with Crippen molar-refractivity contribution >= 4 is 22.9 Å². The quantitative estimate of drug-likeness (QED) is 0.896. The summed E-state index contributed by atoms with van der Waals surface area (Å²) in [6.45, 7) is 4.32. The highest BCUT2D eigenvalue weighted by atomic mass is 32.1. The number of thiazole rings is 1. The lowest BCUT2D eigenvalue weighted by Gasteiger charge is -2.20. The van der Waals surface area contributed by atoms with Crippen LogP contribution in [0.1, 0.15) is 34.2 Å². The maximum atomic E-state index is 11.5. The molecule has 0 radical (unpaired) electrons. The lowest BCUT2D eigenvalue weighted by atomic mass is 9.99. The number of hydrogen-bond donors (Lipinski definition) is 2. The van der Waals surface area contributed by atoms with Gasteiger partial charge in [0.15, 0.2) is 0 Å².